The normalized spacial score (nSPS) is 13.2. The Morgan fingerprint density at radius 2 is 1.07 bits per heavy atom. The maximum absolute atomic E-state index is 2.52. The monoisotopic (exact) mass is 703 g/mol. The van der Waals surface area contributed by atoms with Crippen molar-refractivity contribution in [1.82, 2.24) is 4.57 Å². The summed E-state index contributed by atoms with van der Waals surface area (Å²) >= 11 is 0. The molecular formula is C54H41N. The van der Waals surface area contributed by atoms with E-state index in [2.05, 4.69) is 219 Å². The fourth-order valence-electron chi connectivity index (χ4n) is 9.13. The van der Waals surface area contributed by atoms with Gasteiger partial charge >= 0.3 is 0 Å². The number of fused-ring (bicyclic) bond motifs is 6. The van der Waals surface area contributed by atoms with Gasteiger partial charge in [0.1, 0.15) is 0 Å². The van der Waals surface area contributed by atoms with Gasteiger partial charge in [0.05, 0.1) is 22.1 Å². The number of benzene rings is 8. The fraction of sp³-hybridized carbons (Fsp3) is 0.0741. The van der Waals surface area contributed by atoms with Gasteiger partial charge in [0.2, 0.25) is 0 Å². The van der Waals surface area contributed by atoms with Crippen molar-refractivity contribution in [3.63, 3.8) is 0 Å². The van der Waals surface area contributed by atoms with Gasteiger partial charge in [0.25, 0.3) is 0 Å². The highest BCUT2D eigenvalue weighted by Crippen LogP contribution is 2.58. The average Bonchev–Trinajstić information content (AvgIpc) is 3.73. The van der Waals surface area contributed by atoms with E-state index in [9.17, 15) is 0 Å². The summed E-state index contributed by atoms with van der Waals surface area (Å²) in [6.45, 7) is 4.36. The molecule has 1 aliphatic rings. The molecule has 0 saturated heterocycles. The van der Waals surface area contributed by atoms with Gasteiger partial charge in [-0.3, -0.25) is 0 Å². The van der Waals surface area contributed by atoms with E-state index in [1.54, 1.807) is 0 Å². The third-order valence-electron chi connectivity index (χ3n) is 11.7. The summed E-state index contributed by atoms with van der Waals surface area (Å²) in [5, 5.41) is 2.54. The van der Waals surface area contributed by atoms with Gasteiger partial charge in [0.15, 0.2) is 0 Å². The van der Waals surface area contributed by atoms with Crippen molar-refractivity contribution < 1.29 is 0 Å². The maximum atomic E-state index is 2.52. The molecule has 1 heterocycles. The lowest BCUT2D eigenvalue weighted by molar-refractivity contribution is 0.766. The lowest BCUT2D eigenvalue weighted by Crippen LogP contribution is -2.28. The van der Waals surface area contributed by atoms with E-state index in [1.807, 2.05) is 0 Å². The van der Waals surface area contributed by atoms with Gasteiger partial charge in [-0.05, 0) is 88.5 Å². The highest BCUT2D eigenvalue weighted by molar-refractivity contribution is 6.10. The van der Waals surface area contributed by atoms with Crippen molar-refractivity contribution in [2.24, 2.45) is 0 Å². The zero-order valence-electron chi connectivity index (χ0n) is 31.2. The van der Waals surface area contributed by atoms with E-state index in [-0.39, 0.29) is 0 Å². The molecule has 55 heavy (non-hydrogen) atoms. The molecule has 0 spiro atoms. The minimum absolute atomic E-state index is 0.535. The third-order valence-corrected chi connectivity index (χ3v) is 11.7. The number of aromatic nitrogens is 1. The largest absolute Gasteiger partial charge is 0.309 e. The Morgan fingerprint density at radius 1 is 0.509 bits per heavy atom. The van der Waals surface area contributed by atoms with Crippen LogP contribution in [0.1, 0.15) is 50.1 Å². The van der Waals surface area contributed by atoms with E-state index in [0.717, 1.165) is 6.42 Å². The maximum Gasteiger partial charge on any atom is 0.0714 e. The van der Waals surface area contributed by atoms with Gasteiger partial charge in [-0.2, -0.15) is 0 Å². The highest BCUT2D eigenvalue weighted by atomic mass is 15.0. The van der Waals surface area contributed by atoms with Gasteiger partial charge in [-0.25, -0.2) is 0 Å². The predicted molar refractivity (Wildman–Crippen MR) is 232 cm³/mol. The van der Waals surface area contributed by atoms with Crippen molar-refractivity contribution >= 4 is 33.5 Å². The molecule has 9 aromatic rings. The minimum Gasteiger partial charge on any atom is -0.309 e. The molecule has 1 aromatic heterocycles. The molecule has 0 radical (unpaired) electrons. The standard InChI is InChI=1S/C54H41N/c1-37-24-29-43(30-25-37)54(44-31-26-38(2)27-32-44)48-20-13-23-52(55-50-21-11-9-18-45(50)46-19-10-12-22-51(46)55)53(48)47-33-28-40(36-49(47)54)35-42(41-16-7-4-8-17-41)34-39-14-5-3-6-15-39/h3-34,36H,35H2,1-2H3/b42-34-. The topological polar surface area (TPSA) is 4.93 Å². The Bertz CT molecular complexity index is 2770. The summed E-state index contributed by atoms with van der Waals surface area (Å²) in [4.78, 5) is 0. The van der Waals surface area contributed by atoms with Crippen LogP contribution in [0.25, 0.3) is 50.3 Å². The Morgan fingerprint density at radius 3 is 1.69 bits per heavy atom. The van der Waals surface area contributed by atoms with E-state index in [1.165, 1.54) is 94.3 Å². The van der Waals surface area contributed by atoms with Crippen molar-refractivity contribution in [3.05, 3.63) is 244 Å². The van der Waals surface area contributed by atoms with E-state index < -0.39 is 5.41 Å². The third kappa shape index (κ3) is 5.38. The summed E-state index contributed by atoms with van der Waals surface area (Å²) in [6.07, 6.45) is 3.16. The number of para-hydroxylation sites is 2. The number of aryl methyl sites for hydroxylation is 2. The molecule has 0 unspecified atom stereocenters. The Labute approximate surface area is 323 Å². The van der Waals surface area contributed by atoms with E-state index in [4.69, 9.17) is 0 Å². The zero-order valence-corrected chi connectivity index (χ0v) is 31.2. The Kier molecular flexibility index (Phi) is 7.96. The molecule has 0 bridgehead atoms. The van der Waals surface area contributed by atoms with E-state index in [0.29, 0.717) is 0 Å². The molecule has 8 aromatic carbocycles. The first-order valence-corrected chi connectivity index (χ1v) is 19.3. The summed E-state index contributed by atoms with van der Waals surface area (Å²) in [6, 6.07) is 72.1. The quantitative estimate of drug-likeness (QED) is 0.146. The number of rotatable bonds is 7. The van der Waals surface area contributed by atoms with Crippen molar-refractivity contribution in [3.8, 4) is 16.8 Å². The van der Waals surface area contributed by atoms with Crippen molar-refractivity contribution in [1.29, 1.82) is 0 Å². The first-order chi connectivity index (χ1) is 27.1. The molecule has 0 N–H and O–H groups in total. The number of nitrogens with zero attached hydrogens (tertiary/aromatic N) is 1. The average molecular weight is 704 g/mol. The van der Waals surface area contributed by atoms with Crippen LogP contribution in [0.15, 0.2) is 194 Å². The van der Waals surface area contributed by atoms with Crippen LogP contribution in [0.2, 0.25) is 0 Å². The molecule has 262 valence electrons. The molecule has 0 aliphatic heterocycles. The van der Waals surface area contributed by atoms with Crippen LogP contribution in [0, 0.1) is 13.8 Å². The predicted octanol–water partition coefficient (Wildman–Crippen LogP) is 13.5. The van der Waals surface area contributed by atoms with Crippen molar-refractivity contribution in [2.45, 2.75) is 25.7 Å². The van der Waals surface area contributed by atoms with Crippen LogP contribution in [0.3, 0.4) is 0 Å². The second-order valence-electron chi connectivity index (χ2n) is 15.1. The van der Waals surface area contributed by atoms with Crippen molar-refractivity contribution in [2.75, 3.05) is 0 Å². The molecule has 10 rings (SSSR count). The van der Waals surface area contributed by atoms with Crippen LogP contribution in [0.5, 0.6) is 0 Å². The molecule has 0 fully saturated rings. The Hall–Kier alpha value is -6.70. The first-order valence-electron chi connectivity index (χ1n) is 19.3. The van der Waals surface area contributed by atoms with Crippen LogP contribution in [-0.4, -0.2) is 4.57 Å². The highest BCUT2D eigenvalue weighted by Gasteiger charge is 2.47. The minimum atomic E-state index is -0.535. The molecule has 0 amide bonds. The summed E-state index contributed by atoms with van der Waals surface area (Å²) in [5.41, 5.74) is 18.4. The van der Waals surface area contributed by atoms with Gasteiger partial charge in [0, 0.05) is 16.3 Å². The molecular weight excluding hydrogens is 663 g/mol. The van der Waals surface area contributed by atoms with Gasteiger partial charge in [-0.15, -0.1) is 0 Å². The van der Waals surface area contributed by atoms with Crippen LogP contribution >= 0.6 is 0 Å². The smallest absolute Gasteiger partial charge is 0.0714 e. The number of allylic oxidation sites excluding steroid dienone is 1. The first kappa shape index (κ1) is 32.9. The van der Waals surface area contributed by atoms with Crippen LogP contribution < -0.4 is 0 Å². The second-order valence-corrected chi connectivity index (χ2v) is 15.1. The lowest BCUT2D eigenvalue weighted by Gasteiger charge is -2.34. The zero-order chi connectivity index (χ0) is 36.9. The number of hydrogen-bond acceptors (Lipinski definition) is 0. The van der Waals surface area contributed by atoms with Crippen LogP contribution in [0.4, 0.5) is 0 Å². The molecule has 1 heteroatoms. The van der Waals surface area contributed by atoms with Crippen LogP contribution in [-0.2, 0) is 11.8 Å². The Balaban J connectivity index is 1.27. The van der Waals surface area contributed by atoms with Gasteiger partial charge in [-0.1, -0.05) is 193 Å². The lowest BCUT2D eigenvalue weighted by atomic mass is 9.67. The summed E-state index contributed by atoms with van der Waals surface area (Å²) in [5.74, 6) is 0. The SMILES string of the molecule is Cc1ccc(C2(c3ccc(C)cc3)c3cc(C/C(=C/c4ccccc4)c4ccccc4)ccc3-c3c(-n4c5ccccc5c5ccccc54)cccc32)cc1. The van der Waals surface area contributed by atoms with E-state index >= 15 is 0 Å². The van der Waals surface area contributed by atoms with Gasteiger partial charge < -0.3 is 4.57 Å². The fourth-order valence-corrected chi connectivity index (χ4v) is 9.13. The molecule has 1 nitrogen and oxygen atoms in total. The summed E-state index contributed by atoms with van der Waals surface area (Å²) in [7, 11) is 0. The number of hydrogen-bond donors (Lipinski definition) is 0. The summed E-state index contributed by atoms with van der Waals surface area (Å²) < 4.78 is 2.50. The molecule has 0 atom stereocenters. The molecule has 1 aliphatic carbocycles. The molecule has 0 saturated carbocycles. The second kappa shape index (κ2) is 13.3.